The largest absolute Gasteiger partial charge is 0.494 e. The van der Waals surface area contributed by atoms with Crippen molar-refractivity contribution in [2.75, 3.05) is 12.8 Å². The van der Waals surface area contributed by atoms with E-state index in [0.717, 1.165) is 36.4 Å². The van der Waals surface area contributed by atoms with Crippen molar-refractivity contribution >= 4 is 22.5 Å². The summed E-state index contributed by atoms with van der Waals surface area (Å²) in [5.41, 5.74) is 10.00. The number of fused-ring (bicyclic) bond motifs is 4. The topological polar surface area (TPSA) is 94.5 Å². The van der Waals surface area contributed by atoms with Crippen molar-refractivity contribution in [1.82, 2.24) is 29.5 Å². The summed E-state index contributed by atoms with van der Waals surface area (Å²) < 4.78 is 7.03. The van der Waals surface area contributed by atoms with Crippen molar-refractivity contribution in [2.45, 2.75) is 32.5 Å². The lowest BCUT2D eigenvalue weighted by Crippen LogP contribution is -2.30. The Morgan fingerprint density at radius 2 is 2.07 bits per heavy atom. The standard InChI is InChI=1S/C20H21N7O/c1-12(26-10-13-5-4-8-22-15(13)11-26)9-17-23-19-14-6-3-7-16(28-2)18(14)24-20(21)27(19)25-17/h3-8,12H,9-11H2,1-2H3,(H2,21,24)/t12-/m1/s1. The predicted molar refractivity (Wildman–Crippen MR) is 106 cm³/mol. The maximum absolute atomic E-state index is 6.14. The highest BCUT2D eigenvalue weighted by atomic mass is 16.5. The average Bonchev–Trinajstić information content (AvgIpc) is 3.32. The molecule has 0 amide bonds. The van der Waals surface area contributed by atoms with Gasteiger partial charge in [-0.2, -0.15) is 4.52 Å². The molecule has 0 aliphatic carbocycles. The van der Waals surface area contributed by atoms with E-state index in [-0.39, 0.29) is 6.04 Å². The van der Waals surface area contributed by atoms with E-state index in [1.165, 1.54) is 5.56 Å². The van der Waals surface area contributed by atoms with Crippen LogP contribution in [0.5, 0.6) is 5.75 Å². The minimum atomic E-state index is 0.279. The van der Waals surface area contributed by atoms with Crippen molar-refractivity contribution < 1.29 is 4.74 Å². The van der Waals surface area contributed by atoms with E-state index in [9.17, 15) is 0 Å². The van der Waals surface area contributed by atoms with E-state index in [2.05, 4.69) is 33.0 Å². The lowest BCUT2D eigenvalue weighted by atomic mass is 10.2. The molecule has 142 valence electrons. The second-order valence-electron chi connectivity index (χ2n) is 7.16. The molecule has 0 bridgehead atoms. The minimum absolute atomic E-state index is 0.279. The molecule has 3 aromatic heterocycles. The molecule has 1 aromatic carbocycles. The van der Waals surface area contributed by atoms with Crippen molar-refractivity contribution in [2.24, 2.45) is 0 Å². The summed E-state index contributed by atoms with van der Waals surface area (Å²) in [6, 6.07) is 10.2. The smallest absolute Gasteiger partial charge is 0.223 e. The molecule has 8 heteroatoms. The van der Waals surface area contributed by atoms with Gasteiger partial charge in [-0.15, -0.1) is 5.10 Å². The fraction of sp³-hybridized carbons (Fsp3) is 0.300. The number of nitrogens with two attached hydrogens (primary N) is 1. The summed E-state index contributed by atoms with van der Waals surface area (Å²) >= 11 is 0. The number of benzene rings is 1. The molecule has 5 rings (SSSR count). The molecular weight excluding hydrogens is 354 g/mol. The third-order valence-electron chi connectivity index (χ3n) is 5.37. The number of para-hydroxylation sites is 1. The van der Waals surface area contributed by atoms with Crippen LogP contribution < -0.4 is 10.5 Å². The molecule has 0 saturated carbocycles. The van der Waals surface area contributed by atoms with Gasteiger partial charge in [0.25, 0.3) is 0 Å². The van der Waals surface area contributed by atoms with E-state index in [0.29, 0.717) is 22.9 Å². The SMILES string of the molecule is COc1cccc2c1nc(N)n1nc(C[C@@H](C)N3Cc4cccnc4C3)nc21. The van der Waals surface area contributed by atoms with E-state index in [4.69, 9.17) is 15.5 Å². The van der Waals surface area contributed by atoms with Crippen molar-refractivity contribution in [3.05, 3.63) is 53.6 Å². The van der Waals surface area contributed by atoms with Gasteiger partial charge >= 0.3 is 0 Å². The Morgan fingerprint density at radius 3 is 2.89 bits per heavy atom. The van der Waals surface area contributed by atoms with Crippen LogP contribution >= 0.6 is 0 Å². The lowest BCUT2D eigenvalue weighted by Gasteiger charge is -2.22. The van der Waals surface area contributed by atoms with Crippen molar-refractivity contribution in [3.63, 3.8) is 0 Å². The van der Waals surface area contributed by atoms with Crippen LogP contribution in [0.1, 0.15) is 24.0 Å². The Balaban J connectivity index is 1.47. The third kappa shape index (κ3) is 2.65. The molecule has 0 saturated heterocycles. The molecule has 1 aliphatic heterocycles. The average molecular weight is 375 g/mol. The van der Waals surface area contributed by atoms with E-state index < -0.39 is 0 Å². The summed E-state index contributed by atoms with van der Waals surface area (Å²) in [5, 5.41) is 5.49. The van der Waals surface area contributed by atoms with Crippen molar-refractivity contribution in [3.8, 4) is 5.75 Å². The highest BCUT2D eigenvalue weighted by molar-refractivity contribution is 5.95. The molecule has 0 radical (unpaired) electrons. The zero-order valence-corrected chi connectivity index (χ0v) is 15.8. The van der Waals surface area contributed by atoms with Crippen LogP contribution in [0, 0.1) is 0 Å². The molecule has 1 aliphatic rings. The lowest BCUT2D eigenvalue weighted by molar-refractivity contribution is 0.208. The number of nitrogens with zero attached hydrogens (tertiary/aromatic N) is 6. The van der Waals surface area contributed by atoms with Gasteiger partial charge in [0.15, 0.2) is 11.5 Å². The summed E-state index contributed by atoms with van der Waals surface area (Å²) in [4.78, 5) is 16.1. The van der Waals surface area contributed by atoms with Crippen molar-refractivity contribution in [1.29, 1.82) is 0 Å². The molecule has 1 atom stereocenters. The van der Waals surface area contributed by atoms with Gasteiger partial charge in [-0.1, -0.05) is 12.1 Å². The van der Waals surface area contributed by atoms with Gasteiger partial charge in [0.05, 0.1) is 12.8 Å². The molecule has 4 heterocycles. The second kappa shape index (κ2) is 6.42. The second-order valence-corrected chi connectivity index (χ2v) is 7.16. The van der Waals surface area contributed by atoms with Gasteiger partial charge in [-0.3, -0.25) is 9.88 Å². The number of rotatable bonds is 4. The quantitative estimate of drug-likeness (QED) is 0.584. The van der Waals surface area contributed by atoms with Gasteiger partial charge in [0, 0.05) is 37.1 Å². The molecular formula is C20H21N7O. The van der Waals surface area contributed by atoms with Crippen LogP contribution in [-0.2, 0) is 19.5 Å². The normalized spacial score (nSPS) is 15.2. The van der Waals surface area contributed by atoms with Gasteiger partial charge in [-0.25, -0.2) is 9.97 Å². The first kappa shape index (κ1) is 16.9. The van der Waals surface area contributed by atoms with Crippen LogP contribution in [0.3, 0.4) is 0 Å². The number of ether oxygens (including phenoxy) is 1. The number of hydrogen-bond acceptors (Lipinski definition) is 7. The van der Waals surface area contributed by atoms with E-state index in [1.807, 2.05) is 30.5 Å². The summed E-state index contributed by atoms with van der Waals surface area (Å²) in [7, 11) is 1.62. The van der Waals surface area contributed by atoms with Crippen LogP contribution in [0.2, 0.25) is 0 Å². The third-order valence-corrected chi connectivity index (χ3v) is 5.37. The van der Waals surface area contributed by atoms with Crippen LogP contribution in [0.25, 0.3) is 16.6 Å². The molecule has 0 fully saturated rings. The van der Waals surface area contributed by atoms with Gasteiger partial charge < -0.3 is 10.5 Å². The molecule has 0 spiro atoms. The molecule has 2 N–H and O–H groups in total. The van der Waals surface area contributed by atoms with Crippen LogP contribution in [0.15, 0.2) is 36.5 Å². The highest BCUT2D eigenvalue weighted by Crippen LogP contribution is 2.28. The number of nitrogen functional groups attached to an aromatic ring is 1. The first-order valence-electron chi connectivity index (χ1n) is 9.28. The summed E-state index contributed by atoms with van der Waals surface area (Å²) in [6.45, 7) is 3.95. The number of pyridine rings is 1. The number of methoxy groups -OCH3 is 1. The van der Waals surface area contributed by atoms with E-state index in [1.54, 1.807) is 11.6 Å². The molecule has 28 heavy (non-hydrogen) atoms. The zero-order valence-electron chi connectivity index (χ0n) is 15.8. The van der Waals surface area contributed by atoms with E-state index >= 15 is 0 Å². The zero-order chi connectivity index (χ0) is 19.3. The fourth-order valence-corrected chi connectivity index (χ4v) is 3.85. The molecule has 8 nitrogen and oxygen atoms in total. The molecule has 4 aromatic rings. The number of anilines is 1. The first-order valence-corrected chi connectivity index (χ1v) is 9.28. The Morgan fingerprint density at radius 1 is 1.18 bits per heavy atom. The Labute approximate surface area is 162 Å². The first-order chi connectivity index (χ1) is 13.6. The monoisotopic (exact) mass is 375 g/mol. The highest BCUT2D eigenvalue weighted by Gasteiger charge is 2.25. The predicted octanol–water partition coefficient (Wildman–Crippen LogP) is 2.21. The van der Waals surface area contributed by atoms with Gasteiger partial charge in [-0.05, 0) is 30.7 Å². The number of aromatic nitrogens is 5. The Kier molecular flexibility index (Phi) is 3.87. The van der Waals surface area contributed by atoms with Gasteiger partial charge in [0.2, 0.25) is 5.95 Å². The Hall–Kier alpha value is -3.26. The number of hydrogen-bond donors (Lipinski definition) is 1. The summed E-state index contributed by atoms with van der Waals surface area (Å²) in [6.07, 6.45) is 2.58. The maximum Gasteiger partial charge on any atom is 0.223 e. The fourth-order valence-electron chi connectivity index (χ4n) is 3.85. The summed E-state index contributed by atoms with van der Waals surface area (Å²) in [5.74, 6) is 1.73. The van der Waals surface area contributed by atoms with Gasteiger partial charge in [0.1, 0.15) is 11.3 Å². The minimum Gasteiger partial charge on any atom is -0.494 e. The maximum atomic E-state index is 6.14. The van der Waals surface area contributed by atoms with Crippen LogP contribution in [0.4, 0.5) is 5.95 Å². The molecule has 0 unspecified atom stereocenters. The van der Waals surface area contributed by atoms with Crippen LogP contribution in [-0.4, -0.2) is 42.6 Å². The Bertz CT molecular complexity index is 1160.